The molecule has 0 aliphatic rings. The summed E-state index contributed by atoms with van der Waals surface area (Å²) in [6.45, 7) is 0. The van der Waals surface area contributed by atoms with Gasteiger partial charge < -0.3 is 5.73 Å². The Morgan fingerprint density at radius 2 is 1.94 bits per heavy atom. The molecule has 0 radical (unpaired) electrons. The minimum Gasteiger partial charge on any atom is -0.399 e. The maximum absolute atomic E-state index is 12.0. The van der Waals surface area contributed by atoms with Gasteiger partial charge >= 0.3 is 0 Å². The number of anilines is 1. The lowest BCUT2D eigenvalue weighted by atomic mass is 10.3. The van der Waals surface area contributed by atoms with Gasteiger partial charge in [-0.3, -0.25) is 4.68 Å². The van der Waals surface area contributed by atoms with Gasteiger partial charge in [-0.25, -0.2) is 8.42 Å². The Hall–Kier alpha value is -1.82. The van der Waals surface area contributed by atoms with E-state index in [1.165, 1.54) is 12.1 Å². The highest BCUT2D eigenvalue weighted by atomic mass is 32.2. The van der Waals surface area contributed by atoms with Gasteiger partial charge in [0.15, 0.2) is 9.84 Å². The normalized spacial score (nSPS) is 11.6. The lowest BCUT2D eigenvalue weighted by Crippen LogP contribution is -2.04. The molecule has 2 aromatic rings. The fourth-order valence-electron chi connectivity index (χ4n) is 1.52. The van der Waals surface area contributed by atoms with Crippen molar-refractivity contribution < 1.29 is 8.42 Å². The number of aryl methyl sites for hydroxylation is 1. The summed E-state index contributed by atoms with van der Waals surface area (Å²) in [6.07, 6.45) is 3.24. The van der Waals surface area contributed by atoms with Crippen LogP contribution >= 0.6 is 0 Å². The average Bonchev–Trinajstić information content (AvgIpc) is 2.63. The van der Waals surface area contributed by atoms with Gasteiger partial charge in [0.1, 0.15) is 0 Å². The van der Waals surface area contributed by atoms with Crippen molar-refractivity contribution >= 4 is 15.5 Å². The largest absolute Gasteiger partial charge is 0.399 e. The number of nitrogens with two attached hydrogens (primary N) is 1. The van der Waals surface area contributed by atoms with Crippen molar-refractivity contribution in [3.8, 4) is 0 Å². The van der Waals surface area contributed by atoms with Crippen LogP contribution in [-0.2, 0) is 22.6 Å². The first kappa shape index (κ1) is 11.7. The Labute approximate surface area is 99.8 Å². The second-order valence-electron chi connectivity index (χ2n) is 3.85. The maximum Gasteiger partial charge on any atom is 0.182 e. The van der Waals surface area contributed by atoms with Crippen LogP contribution in [0.3, 0.4) is 0 Å². The van der Waals surface area contributed by atoms with Crippen molar-refractivity contribution in [3.63, 3.8) is 0 Å². The number of nitrogens with zero attached hydrogens (tertiary/aromatic N) is 2. The van der Waals surface area contributed by atoms with E-state index in [0.717, 1.165) is 0 Å². The summed E-state index contributed by atoms with van der Waals surface area (Å²) < 4.78 is 25.7. The molecule has 0 saturated carbocycles. The van der Waals surface area contributed by atoms with Crippen LogP contribution in [0.25, 0.3) is 0 Å². The van der Waals surface area contributed by atoms with E-state index >= 15 is 0 Å². The van der Waals surface area contributed by atoms with E-state index in [0.29, 0.717) is 11.3 Å². The van der Waals surface area contributed by atoms with E-state index in [1.54, 1.807) is 36.3 Å². The van der Waals surface area contributed by atoms with E-state index in [-0.39, 0.29) is 10.6 Å². The summed E-state index contributed by atoms with van der Waals surface area (Å²) in [7, 11) is -1.58. The van der Waals surface area contributed by atoms with Crippen molar-refractivity contribution in [3.05, 3.63) is 42.2 Å². The predicted octanol–water partition coefficient (Wildman–Crippen LogP) is 0.976. The zero-order valence-electron chi connectivity index (χ0n) is 9.37. The van der Waals surface area contributed by atoms with Crippen LogP contribution in [0, 0.1) is 0 Å². The summed E-state index contributed by atoms with van der Waals surface area (Å²) >= 11 is 0. The topological polar surface area (TPSA) is 78.0 Å². The molecule has 1 heterocycles. The van der Waals surface area contributed by atoms with Crippen molar-refractivity contribution in [2.75, 3.05) is 5.73 Å². The van der Waals surface area contributed by atoms with Crippen molar-refractivity contribution in [2.24, 2.45) is 7.05 Å². The molecule has 6 heteroatoms. The molecule has 0 bridgehead atoms. The lowest BCUT2D eigenvalue weighted by molar-refractivity contribution is 0.595. The molecule has 0 aliphatic carbocycles. The van der Waals surface area contributed by atoms with Gasteiger partial charge in [0, 0.05) is 24.5 Å². The molecule has 0 amide bonds. The van der Waals surface area contributed by atoms with Gasteiger partial charge in [0.2, 0.25) is 0 Å². The summed E-state index contributed by atoms with van der Waals surface area (Å²) in [4.78, 5) is 0.274. The molecule has 2 rings (SSSR count). The molecule has 0 spiro atoms. The first-order valence-corrected chi connectivity index (χ1v) is 6.68. The van der Waals surface area contributed by atoms with Crippen LogP contribution in [-0.4, -0.2) is 18.2 Å². The Kier molecular flexibility index (Phi) is 2.89. The number of rotatable bonds is 3. The number of nitrogen functional groups attached to an aromatic ring is 1. The molecular formula is C11H13N3O2S. The zero-order valence-corrected chi connectivity index (χ0v) is 10.2. The molecule has 5 nitrogen and oxygen atoms in total. The van der Waals surface area contributed by atoms with Crippen LogP contribution in [0.4, 0.5) is 5.69 Å². The Balaban J connectivity index is 2.28. The zero-order chi connectivity index (χ0) is 12.5. The van der Waals surface area contributed by atoms with Crippen LogP contribution in [0.5, 0.6) is 0 Å². The Morgan fingerprint density at radius 1 is 1.29 bits per heavy atom. The molecule has 0 saturated heterocycles. The first-order valence-electron chi connectivity index (χ1n) is 5.03. The molecule has 0 fully saturated rings. The summed E-state index contributed by atoms with van der Waals surface area (Å²) in [5.74, 6) is -0.0508. The minimum atomic E-state index is -3.33. The molecule has 0 atom stereocenters. The fourth-order valence-corrected chi connectivity index (χ4v) is 2.83. The molecule has 17 heavy (non-hydrogen) atoms. The average molecular weight is 251 g/mol. The number of aromatic nitrogens is 2. The number of hydrogen-bond acceptors (Lipinski definition) is 4. The highest BCUT2D eigenvalue weighted by molar-refractivity contribution is 7.90. The van der Waals surface area contributed by atoms with Crippen LogP contribution < -0.4 is 5.73 Å². The highest BCUT2D eigenvalue weighted by Gasteiger charge is 2.15. The summed E-state index contributed by atoms with van der Waals surface area (Å²) in [5.41, 5.74) is 6.73. The molecule has 0 unspecified atom stereocenters. The third-order valence-corrected chi connectivity index (χ3v) is 4.06. The van der Waals surface area contributed by atoms with Crippen LogP contribution in [0.15, 0.2) is 41.6 Å². The van der Waals surface area contributed by atoms with Gasteiger partial charge in [-0.2, -0.15) is 5.10 Å². The van der Waals surface area contributed by atoms with Crippen molar-refractivity contribution in [1.29, 1.82) is 0 Å². The first-order chi connectivity index (χ1) is 7.97. The number of hydrogen-bond donors (Lipinski definition) is 1. The Bertz CT molecular complexity index is 614. The van der Waals surface area contributed by atoms with Gasteiger partial charge in [0.05, 0.1) is 16.8 Å². The molecular weight excluding hydrogens is 238 g/mol. The van der Waals surface area contributed by atoms with Crippen LogP contribution in [0.2, 0.25) is 0 Å². The number of sulfone groups is 1. The van der Waals surface area contributed by atoms with E-state index < -0.39 is 9.84 Å². The predicted molar refractivity (Wildman–Crippen MR) is 65.0 cm³/mol. The molecule has 1 aromatic heterocycles. The third kappa shape index (κ3) is 2.65. The molecule has 0 aliphatic heterocycles. The van der Waals surface area contributed by atoms with Gasteiger partial charge in [-0.15, -0.1) is 0 Å². The van der Waals surface area contributed by atoms with Gasteiger partial charge in [-0.1, -0.05) is 0 Å². The van der Waals surface area contributed by atoms with Gasteiger partial charge in [-0.05, 0) is 24.3 Å². The molecule has 1 aromatic carbocycles. The second kappa shape index (κ2) is 4.21. The molecule has 90 valence electrons. The second-order valence-corrected chi connectivity index (χ2v) is 5.84. The van der Waals surface area contributed by atoms with Crippen LogP contribution in [0.1, 0.15) is 5.56 Å². The van der Waals surface area contributed by atoms with E-state index in [4.69, 9.17) is 5.73 Å². The van der Waals surface area contributed by atoms with Crippen molar-refractivity contribution in [2.45, 2.75) is 10.6 Å². The fraction of sp³-hybridized carbons (Fsp3) is 0.182. The van der Waals surface area contributed by atoms with E-state index in [2.05, 4.69) is 5.10 Å². The lowest BCUT2D eigenvalue weighted by Gasteiger charge is -2.02. The third-order valence-electron chi connectivity index (χ3n) is 2.35. The smallest absolute Gasteiger partial charge is 0.182 e. The Morgan fingerprint density at radius 3 is 2.47 bits per heavy atom. The summed E-state index contributed by atoms with van der Waals surface area (Å²) in [5, 5.41) is 3.94. The SMILES string of the molecule is Cn1cc(CS(=O)(=O)c2ccc(N)cc2)cn1. The summed E-state index contributed by atoms with van der Waals surface area (Å²) in [6, 6.07) is 6.19. The maximum atomic E-state index is 12.0. The minimum absolute atomic E-state index is 0.0508. The van der Waals surface area contributed by atoms with E-state index in [9.17, 15) is 8.42 Å². The highest BCUT2D eigenvalue weighted by Crippen LogP contribution is 2.17. The monoisotopic (exact) mass is 251 g/mol. The van der Waals surface area contributed by atoms with E-state index in [1.807, 2.05) is 0 Å². The number of benzene rings is 1. The van der Waals surface area contributed by atoms with Crippen molar-refractivity contribution in [1.82, 2.24) is 9.78 Å². The standard InChI is InChI=1S/C11H13N3O2S/c1-14-7-9(6-13-14)8-17(15,16)11-4-2-10(12)3-5-11/h2-7H,8,12H2,1H3. The molecule has 2 N–H and O–H groups in total. The quantitative estimate of drug-likeness (QED) is 0.825. The van der Waals surface area contributed by atoms with Gasteiger partial charge in [0.25, 0.3) is 0 Å².